The summed E-state index contributed by atoms with van der Waals surface area (Å²) in [5, 5.41) is 0.455. The maximum atomic E-state index is 5.40. The van der Waals surface area contributed by atoms with Gasteiger partial charge in [-0.05, 0) is 29.9 Å². The lowest BCUT2D eigenvalue weighted by molar-refractivity contribution is 0.449. The van der Waals surface area contributed by atoms with E-state index < -0.39 is 0 Å². The predicted molar refractivity (Wildman–Crippen MR) is 63.4 cm³/mol. The molecule has 0 amide bonds. The number of hydrogen-bond donors (Lipinski definition) is 0. The van der Waals surface area contributed by atoms with Gasteiger partial charge in [-0.1, -0.05) is 24.8 Å². The third kappa shape index (κ3) is 2.85. The van der Waals surface area contributed by atoms with Crippen molar-refractivity contribution in [3.8, 4) is 5.75 Å². The minimum absolute atomic E-state index is 0.455. The van der Waals surface area contributed by atoms with E-state index in [2.05, 4.69) is 6.58 Å². The Balaban J connectivity index is 2.69. The van der Waals surface area contributed by atoms with E-state index in [0.717, 1.165) is 11.3 Å². The molecule has 0 aromatic heterocycles. The average Bonchev–Trinajstić information content (AvgIpc) is 2.19. The summed E-state index contributed by atoms with van der Waals surface area (Å²) in [6.07, 6.45) is 1.79. The van der Waals surface area contributed by atoms with Gasteiger partial charge in [0, 0.05) is 14.1 Å². The maximum Gasteiger partial charge on any atom is 0.264 e. The first-order valence-electron chi connectivity index (χ1n) is 4.25. The van der Waals surface area contributed by atoms with Crippen LogP contribution in [-0.4, -0.2) is 24.2 Å². The summed E-state index contributed by atoms with van der Waals surface area (Å²) in [4.78, 5) is 1.75. The van der Waals surface area contributed by atoms with E-state index >= 15 is 0 Å². The molecule has 3 heteroatoms. The van der Waals surface area contributed by atoms with Crippen molar-refractivity contribution in [1.29, 1.82) is 0 Å². The summed E-state index contributed by atoms with van der Waals surface area (Å²) in [6.45, 7) is 3.67. The van der Waals surface area contributed by atoms with Crippen LogP contribution in [0.4, 0.5) is 0 Å². The quantitative estimate of drug-likeness (QED) is 0.692. The van der Waals surface area contributed by atoms with Gasteiger partial charge in [0.25, 0.3) is 5.17 Å². The van der Waals surface area contributed by atoms with Crippen LogP contribution >= 0.6 is 12.2 Å². The number of nitrogens with zero attached hydrogens (tertiary/aromatic N) is 1. The fraction of sp³-hybridized carbons (Fsp3) is 0.182. The molecule has 0 saturated carbocycles. The summed E-state index contributed by atoms with van der Waals surface area (Å²) < 4.78 is 5.40. The topological polar surface area (TPSA) is 12.5 Å². The largest absolute Gasteiger partial charge is 0.432 e. The average molecular weight is 207 g/mol. The molecule has 1 rings (SSSR count). The summed E-state index contributed by atoms with van der Waals surface area (Å²) in [6, 6.07) is 7.60. The number of rotatable bonds is 2. The minimum Gasteiger partial charge on any atom is -0.432 e. The highest BCUT2D eigenvalue weighted by molar-refractivity contribution is 7.80. The first-order chi connectivity index (χ1) is 6.63. The highest BCUT2D eigenvalue weighted by atomic mass is 32.1. The molecule has 1 aromatic rings. The fourth-order valence-corrected chi connectivity index (χ4v) is 0.960. The fourth-order valence-electron chi connectivity index (χ4n) is 0.864. The van der Waals surface area contributed by atoms with Crippen molar-refractivity contribution in [1.82, 2.24) is 4.90 Å². The third-order valence-corrected chi connectivity index (χ3v) is 2.13. The molecule has 0 aliphatic rings. The van der Waals surface area contributed by atoms with Crippen LogP contribution in [0.1, 0.15) is 5.56 Å². The number of benzene rings is 1. The molecule has 0 spiro atoms. The smallest absolute Gasteiger partial charge is 0.264 e. The monoisotopic (exact) mass is 207 g/mol. The normalized spacial score (nSPS) is 9.29. The molecule has 0 aliphatic heterocycles. The lowest BCUT2D eigenvalue weighted by atomic mass is 10.2. The van der Waals surface area contributed by atoms with E-state index in [1.54, 1.807) is 11.0 Å². The minimum atomic E-state index is 0.455. The van der Waals surface area contributed by atoms with E-state index in [4.69, 9.17) is 17.0 Å². The second-order valence-corrected chi connectivity index (χ2v) is 3.38. The van der Waals surface area contributed by atoms with Crippen LogP contribution < -0.4 is 4.74 Å². The second kappa shape index (κ2) is 4.77. The molecule has 0 radical (unpaired) electrons. The van der Waals surface area contributed by atoms with Crippen molar-refractivity contribution in [2.45, 2.75) is 0 Å². The van der Waals surface area contributed by atoms with Gasteiger partial charge in [0.05, 0.1) is 0 Å². The molecule has 0 bridgehead atoms. The van der Waals surface area contributed by atoms with Gasteiger partial charge >= 0.3 is 0 Å². The Hall–Kier alpha value is -1.35. The van der Waals surface area contributed by atoms with Crippen LogP contribution in [-0.2, 0) is 0 Å². The molecular formula is C11H13NOS. The van der Waals surface area contributed by atoms with Crippen LogP contribution in [0.3, 0.4) is 0 Å². The maximum absolute atomic E-state index is 5.40. The Labute approximate surface area is 89.8 Å². The number of thiocarbonyl (C=S) groups is 1. The molecule has 0 saturated heterocycles. The highest BCUT2D eigenvalue weighted by Crippen LogP contribution is 2.13. The van der Waals surface area contributed by atoms with Gasteiger partial charge in [-0.2, -0.15) is 0 Å². The first kappa shape index (κ1) is 10.7. The van der Waals surface area contributed by atoms with Crippen molar-refractivity contribution in [2.24, 2.45) is 0 Å². The van der Waals surface area contributed by atoms with Crippen molar-refractivity contribution >= 4 is 23.5 Å². The summed E-state index contributed by atoms with van der Waals surface area (Å²) in [7, 11) is 3.70. The summed E-state index contributed by atoms with van der Waals surface area (Å²) in [5.41, 5.74) is 1.06. The van der Waals surface area contributed by atoms with Crippen LogP contribution in [0.15, 0.2) is 30.8 Å². The van der Waals surface area contributed by atoms with Crippen LogP contribution in [0.5, 0.6) is 5.75 Å². The molecule has 2 nitrogen and oxygen atoms in total. The summed E-state index contributed by atoms with van der Waals surface area (Å²) >= 11 is 5.00. The molecule has 0 fully saturated rings. The second-order valence-electron chi connectivity index (χ2n) is 3.04. The van der Waals surface area contributed by atoms with E-state index in [1.165, 1.54) is 0 Å². The van der Waals surface area contributed by atoms with E-state index in [0.29, 0.717) is 5.17 Å². The van der Waals surface area contributed by atoms with Gasteiger partial charge in [0.2, 0.25) is 0 Å². The van der Waals surface area contributed by atoms with Gasteiger partial charge < -0.3 is 9.64 Å². The van der Waals surface area contributed by atoms with Crippen LogP contribution in [0.2, 0.25) is 0 Å². The van der Waals surface area contributed by atoms with Gasteiger partial charge in [-0.3, -0.25) is 0 Å². The molecule has 0 unspecified atom stereocenters. The Bertz CT molecular complexity index is 330. The lowest BCUT2D eigenvalue weighted by Crippen LogP contribution is -2.24. The van der Waals surface area contributed by atoms with Crippen LogP contribution in [0, 0.1) is 0 Å². The van der Waals surface area contributed by atoms with Gasteiger partial charge in [-0.15, -0.1) is 0 Å². The molecule has 0 N–H and O–H groups in total. The zero-order valence-electron chi connectivity index (χ0n) is 8.36. The van der Waals surface area contributed by atoms with Crippen molar-refractivity contribution < 1.29 is 4.74 Å². The zero-order chi connectivity index (χ0) is 10.6. The standard InChI is InChI=1S/C11H13NOS/c1-4-9-5-7-10(8-6-9)13-11(14)12(2)3/h4-8H,1H2,2-3H3. The third-order valence-electron chi connectivity index (χ3n) is 1.69. The van der Waals surface area contributed by atoms with Crippen molar-refractivity contribution in [2.75, 3.05) is 14.1 Å². The van der Waals surface area contributed by atoms with Gasteiger partial charge in [0.15, 0.2) is 0 Å². The molecule has 0 aliphatic carbocycles. The molecular weight excluding hydrogens is 194 g/mol. The van der Waals surface area contributed by atoms with Gasteiger partial charge in [-0.25, -0.2) is 0 Å². The molecule has 0 atom stereocenters. The molecule has 1 aromatic carbocycles. The highest BCUT2D eigenvalue weighted by Gasteiger charge is 2.01. The number of hydrogen-bond acceptors (Lipinski definition) is 2. The zero-order valence-corrected chi connectivity index (χ0v) is 9.17. The van der Waals surface area contributed by atoms with Gasteiger partial charge in [0.1, 0.15) is 5.75 Å². The Morgan fingerprint density at radius 1 is 1.36 bits per heavy atom. The van der Waals surface area contributed by atoms with E-state index in [1.807, 2.05) is 38.4 Å². The Morgan fingerprint density at radius 2 is 1.93 bits per heavy atom. The van der Waals surface area contributed by atoms with E-state index in [9.17, 15) is 0 Å². The molecule has 14 heavy (non-hydrogen) atoms. The van der Waals surface area contributed by atoms with Crippen molar-refractivity contribution in [3.05, 3.63) is 36.4 Å². The molecule has 0 heterocycles. The van der Waals surface area contributed by atoms with Crippen molar-refractivity contribution in [3.63, 3.8) is 0 Å². The van der Waals surface area contributed by atoms with E-state index in [-0.39, 0.29) is 0 Å². The number of ether oxygens (including phenoxy) is 1. The summed E-state index contributed by atoms with van der Waals surface area (Å²) in [5.74, 6) is 0.745. The molecule has 74 valence electrons. The first-order valence-corrected chi connectivity index (χ1v) is 4.66. The predicted octanol–water partition coefficient (Wildman–Crippen LogP) is 2.55. The van der Waals surface area contributed by atoms with Crippen LogP contribution in [0.25, 0.3) is 6.08 Å². The SMILES string of the molecule is C=Cc1ccc(OC(=S)N(C)C)cc1. The lowest BCUT2D eigenvalue weighted by Gasteiger charge is -2.13. The Morgan fingerprint density at radius 3 is 2.36 bits per heavy atom. The Kier molecular flexibility index (Phi) is 3.65.